The molecule has 192 valence electrons. The first kappa shape index (κ1) is 25.5. The largest absolute Gasteiger partial charge is 0.364 e. The standard InChI is InChI=1S/C30H29N5O2S/c1-30(2,3)35-38(36,37)25-16-23(18-31-20-25)27-17-22-12-9-14-26(21-10-5-4-6-11-21)28(22)29(34-27)33-19-24-13-7-8-15-32-24/h4-18,20,35H,19H2,1-3H3,(H,33,34). The van der Waals surface area contributed by atoms with Gasteiger partial charge in [0, 0.05) is 35.1 Å². The highest BCUT2D eigenvalue weighted by Crippen LogP contribution is 2.36. The summed E-state index contributed by atoms with van der Waals surface area (Å²) in [4.78, 5) is 13.7. The van der Waals surface area contributed by atoms with Gasteiger partial charge in [-0.2, -0.15) is 0 Å². The number of anilines is 1. The molecule has 0 aliphatic heterocycles. The van der Waals surface area contributed by atoms with E-state index < -0.39 is 15.6 Å². The fourth-order valence-corrected chi connectivity index (χ4v) is 5.70. The maximum absolute atomic E-state index is 13.0. The summed E-state index contributed by atoms with van der Waals surface area (Å²) in [6, 6.07) is 25.7. The number of rotatable bonds is 7. The van der Waals surface area contributed by atoms with Gasteiger partial charge in [0.1, 0.15) is 10.7 Å². The number of nitrogens with zero attached hydrogens (tertiary/aromatic N) is 3. The molecule has 5 aromatic rings. The number of hydrogen-bond acceptors (Lipinski definition) is 6. The minimum absolute atomic E-state index is 0.0906. The fraction of sp³-hybridized carbons (Fsp3) is 0.167. The highest BCUT2D eigenvalue weighted by molar-refractivity contribution is 7.89. The molecular formula is C30H29N5O2S. The van der Waals surface area contributed by atoms with E-state index in [0.717, 1.165) is 27.6 Å². The van der Waals surface area contributed by atoms with E-state index in [0.29, 0.717) is 23.6 Å². The highest BCUT2D eigenvalue weighted by Gasteiger charge is 2.23. The Labute approximate surface area is 223 Å². The average Bonchev–Trinajstić information content (AvgIpc) is 2.91. The first-order chi connectivity index (χ1) is 18.2. The van der Waals surface area contributed by atoms with E-state index in [2.05, 4.69) is 38.2 Å². The molecule has 0 aliphatic rings. The fourth-order valence-electron chi connectivity index (χ4n) is 4.29. The van der Waals surface area contributed by atoms with Crippen molar-refractivity contribution in [2.24, 2.45) is 0 Å². The summed E-state index contributed by atoms with van der Waals surface area (Å²) in [5.41, 5.74) is 3.62. The van der Waals surface area contributed by atoms with Crippen LogP contribution in [0.1, 0.15) is 26.5 Å². The molecule has 5 rings (SSSR count). The van der Waals surface area contributed by atoms with Crippen LogP contribution in [0.25, 0.3) is 33.2 Å². The van der Waals surface area contributed by atoms with Crippen molar-refractivity contribution in [2.45, 2.75) is 37.8 Å². The van der Waals surface area contributed by atoms with E-state index in [9.17, 15) is 8.42 Å². The molecule has 0 aliphatic carbocycles. The van der Waals surface area contributed by atoms with Gasteiger partial charge in [-0.25, -0.2) is 18.1 Å². The van der Waals surface area contributed by atoms with Crippen LogP contribution in [0.15, 0.2) is 102 Å². The summed E-state index contributed by atoms with van der Waals surface area (Å²) in [5, 5.41) is 5.43. The van der Waals surface area contributed by atoms with Crippen LogP contribution in [0.5, 0.6) is 0 Å². The molecule has 2 N–H and O–H groups in total. The van der Waals surface area contributed by atoms with E-state index in [1.165, 1.54) is 6.20 Å². The van der Waals surface area contributed by atoms with E-state index in [1.54, 1.807) is 39.2 Å². The van der Waals surface area contributed by atoms with Crippen LogP contribution in [-0.2, 0) is 16.6 Å². The summed E-state index contributed by atoms with van der Waals surface area (Å²) in [6.45, 7) is 5.89. The predicted molar refractivity (Wildman–Crippen MR) is 152 cm³/mol. The topological polar surface area (TPSA) is 96.9 Å². The molecular weight excluding hydrogens is 494 g/mol. The van der Waals surface area contributed by atoms with Crippen molar-refractivity contribution >= 4 is 26.6 Å². The quantitative estimate of drug-likeness (QED) is 0.270. The lowest BCUT2D eigenvalue weighted by molar-refractivity contribution is 0.491. The molecule has 38 heavy (non-hydrogen) atoms. The molecule has 0 fully saturated rings. The van der Waals surface area contributed by atoms with E-state index >= 15 is 0 Å². The third-order valence-electron chi connectivity index (χ3n) is 5.87. The minimum Gasteiger partial charge on any atom is -0.364 e. The summed E-state index contributed by atoms with van der Waals surface area (Å²) >= 11 is 0. The van der Waals surface area contributed by atoms with Gasteiger partial charge >= 0.3 is 0 Å². The monoisotopic (exact) mass is 523 g/mol. The van der Waals surface area contributed by atoms with Crippen molar-refractivity contribution in [1.29, 1.82) is 0 Å². The summed E-state index contributed by atoms with van der Waals surface area (Å²) in [7, 11) is -3.75. The van der Waals surface area contributed by atoms with Crippen molar-refractivity contribution in [3.8, 4) is 22.4 Å². The number of aromatic nitrogens is 3. The number of pyridine rings is 3. The zero-order chi connectivity index (χ0) is 26.8. The molecule has 0 saturated heterocycles. The minimum atomic E-state index is -3.75. The van der Waals surface area contributed by atoms with Crippen molar-refractivity contribution in [3.05, 3.63) is 103 Å². The molecule has 3 heterocycles. The van der Waals surface area contributed by atoms with Crippen LogP contribution < -0.4 is 10.0 Å². The lowest BCUT2D eigenvalue weighted by Crippen LogP contribution is -2.40. The van der Waals surface area contributed by atoms with E-state index in [1.807, 2.05) is 54.6 Å². The Kier molecular flexibility index (Phi) is 6.93. The van der Waals surface area contributed by atoms with Gasteiger partial charge in [-0.05, 0) is 61.5 Å². The predicted octanol–water partition coefficient (Wildman–Crippen LogP) is 6.05. The van der Waals surface area contributed by atoms with Crippen molar-refractivity contribution in [3.63, 3.8) is 0 Å². The Morgan fingerprint density at radius 2 is 1.63 bits per heavy atom. The zero-order valence-electron chi connectivity index (χ0n) is 21.5. The first-order valence-electron chi connectivity index (χ1n) is 12.3. The molecule has 0 spiro atoms. The van der Waals surface area contributed by atoms with Gasteiger partial charge in [0.15, 0.2) is 0 Å². The Morgan fingerprint density at radius 1 is 0.842 bits per heavy atom. The number of nitrogens with one attached hydrogen (secondary N) is 2. The van der Waals surface area contributed by atoms with Gasteiger partial charge in [0.05, 0.1) is 17.9 Å². The van der Waals surface area contributed by atoms with Crippen LogP contribution in [0.3, 0.4) is 0 Å². The maximum atomic E-state index is 13.0. The number of fused-ring (bicyclic) bond motifs is 1. The molecule has 7 nitrogen and oxygen atoms in total. The molecule has 2 aromatic carbocycles. The summed E-state index contributed by atoms with van der Waals surface area (Å²) < 4.78 is 28.6. The van der Waals surface area contributed by atoms with E-state index in [4.69, 9.17) is 4.98 Å². The second kappa shape index (κ2) is 10.3. The molecule has 0 radical (unpaired) electrons. The van der Waals surface area contributed by atoms with E-state index in [-0.39, 0.29) is 4.90 Å². The maximum Gasteiger partial charge on any atom is 0.242 e. The highest BCUT2D eigenvalue weighted by atomic mass is 32.2. The van der Waals surface area contributed by atoms with Crippen LogP contribution in [-0.4, -0.2) is 28.9 Å². The van der Waals surface area contributed by atoms with Gasteiger partial charge in [0.2, 0.25) is 10.0 Å². The van der Waals surface area contributed by atoms with Crippen molar-refractivity contribution in [1.82, 2.24) is 19.7 Å². The van der Waals surface area contributed by atoms with Crippen molar-refractivity contribution < 1.29 is 8.42 Å². The van der Waals surface area contributed by atoms with Crippen LogP contribution in [0.2, 0.25) is 0 Å². The summed E-state index contributed by atoms with van der Waals surface area (Å²) in [5.74, 6) is 0.684. The number of sulfonamides is 1. The van der Waals surface area contributed by atoms with Crippen LogP contribution >= 0.6 is 0 Å². The van der Waals surface area contributed by atoms with Crippen LogP contribution in [0, 0.1) is 0 Å². The normalized spacial score (nSPS) is 12.0. The van der Waals surface area contributed by atoms with Gasteiger partial charge in [-0.3, -0.25) is 9.97 Å². The zero-order valence-corrected chi connectivity index (χ0v) is 22.3. The molecule has 0 bridgehead atoms. The van der Waals surface area contributed by atoms with Crippen LogP contribution in [0.4, 0.5) is 5.82 Å². The Balaban J connectivity index is 1.64. The molecule has 0 saturated carbocycles. The smallest absolute Gasteiger partial charge is 0.242 e. The number of benzene rings is 2. The first-order valence-corrected chi connectivity index (χ1v) is 13.8. The molecule has 0 atom stereocenters. The second-order valence-electron chi connectivity index (χ2n) is 10.1. The molecule has 3 aromatic heterocycles. The summed E-state index contributed by atoms with van der Waals surface area (Å²) in [6.07, 6.45) is 4.75. The SMILES string of the molecule is CC(C)(C)NS(=O)(=O)c1cncc(-c2cc3cccc(-c4ccccc4)c3c(NCc3ccccn3)n2)c1. The van der Waals surface area contributed by atoms with Gasteiger partial charge < -0.3 is 5.32 Å². The van der Waals surface area contributed by atoms with Gasteiger partial charge in [0.25, 0.3) is 0 Å². The Hall–Kier alpha value is -4.14. The molecule has 0 unspecified atom stereocenters. The lowest BCUT2D eigenvalue weighted by atomic mass is 9.97. The Bertz CT molecular complexity index is 1680. The lowest BCUT2D eigenvalue weighted by Gasteiger charge is -2.20. The third kappa shape index (κ3) is 5.72. The van der Waals surface area contributed by atoms with Crippen molar-refractivity contribution in [2.75, 3.05) is 5.32 Å². The molecule has 0 amide bonds. The van der Waals surface area contributed by atoms with Gasteiger partial charge in [-0.15, -0.1) is 0 Å². The molecule has 8 heteroatoms. The van der Waals surface area contributed by atoms with Gasteiger partial charge in [-0.1, -0.05) is 54.6 Å². The third-order valence-corrected chi connectivity index (χ3v) is 7.59. The Morgan fingerprint density at radius 3 is 2.37 bits per heavy atom. The number of hydrogen-bond donors (Lipinski definition) is 2. The average molecular weight is 524 g/mol. The second-order valence-corrected chi connectivity index (χ2v) is 11.7.